The number of anilines is 1. The zero-order valence-electron chi connectivity index (χ0n) is 11.1. The number of ether oxygens (including phenoxy) is 1. The van der Waals surface area contributed by atoms with Crippen LogP contribution in [0.2, 0.25) is 0 Å². The molecule has 0 saturated carbocycles. The third-order valence-electron chi connectivity index (χ3n) is 3.01. The summed E-state index contributed by atoms with van der Waals surface area (Å²) in [6.45, 7) is 4.66. The molecule has 1 fully saturated rings. The van der Waals surface area contributed by atoms with Crippen LogP contribution in [0.4, 0.5) is 5.95 Å². The van der Waals surface area contributed by atoms with E-state index in [1.807, 2.05) is 6.92 Å². The number of aromatic amines is 1. The van der Waals surface area contributed by atoms with Crippen molar-refractivity contribution in [3.05, 3.63) is 0 Å². The van der Waals surface area contributed by atoms with Crippen molar-refractivity contribution in [2.45, 2.75) is 39.2 Å². The fraction of sp³-hybridized carbons (Fsp3) is 0.800. The highest BCUT2D eigenvalue weighted by molar-refractivity contribution is 7.90. The lowest BCUT2D eigenvalue weighted by molar-refractivity contribution is 0.270. The van der Waals surface area contributed by atoms with Gasteiger partial charge in [0.15, 0.2) is 0 Å². The van der Waals surface area contributed by atoms with Gasteiger partial charge in [-0.15, -0.1) is 5.10 Å². The molecule has 0 amide bonds. The standard InChI is InChI=1S/C10H19N5O3S/c1-3-18-10-11-9(12-13-10)14-19(16,17)15-7-5-4-6-8(15)2/h8H,3-7H2,1-2H3,(H2,11,12,13,14). The summed E-state index contributed by atoms with van der Waals surface area (Å²) in [5.41, 5.74) is 0. The van der Waals surface area contributed by atoms with Gasteiger partial charge in [-0.25, -0.2) is 9.82 Å². The second kappa shape index (κ2) is 5.74. The molecule has 19 heavy (non-hydrogen) atoms. The van der Waals surface area contributed by atoms with Crippen LogP contribution in [0.3, 0.4) is 0 Å². The van der Waals surface area contributed by atoms with Crippen molar-refractivity contribution in [3.63, 3.8) is 0 Å². The Morgan fingerprint density at radius 3 is 3.00 bits per heavy atom. The van der Waals surface area contributed by atoms with Gasteiger partial charge in [0.1, 0.15) is 0 Å². The molecule has 2 rings (SSSR count). The number of hydrogen-bond donors (Lipinski definition) is 2. The van der Waals surface area contributed by atoms with Gasteiger partial charge in [-0.2, -0.15) is 17.7 Å². The van der Waals surface area contributed by atoms with Crippen LogP contribution < -0.4 is 9.46 Å². The van der Waals surface area contributed by atoms with Gasteiger partial charge in [0.05, 0.1) is 6.61 Å². The lowest BCUT2D eigenvalue weighted by Gasteiger charge is -2.31. The number of hydrogen-bond acceptors (Lipinski definition) is 5. The van der Waals surface area contributed by atoms with Crippen molar-refractivity contribution < 1.29 is 13.2 Å². The Bertz CT molecular complexity index is 515. The molecule has 108 valence electrons. The van der Waals surface area contributed by atoms with Crippen LogP contribution in [-0.4, -0.2) is 47.1 Å². The van der Waals surface area contributed by atoms with Crippen LogP contribution in [0.15, 0.2) is 0 Å². The monoisotopic (exact) mass is 289 g/mol. The molecule has 0 aromatic carbocycles. The molecule has 1 aromatic heterocycles. The molecule has 0 spiro atoms. The van der Waals surface area contributed by atoms with Crippen LogP contribution in [0.5, 0.6) is 6.01 Å². The SMILES string of the molecule is CCOc1n[nH]c(NS(=O)(=O)N2CCCCC2C)n1. The molecule has 1 aromatic rings. The van der Waals surface area contributed by atoms with Gasteiger partial charge >= 0.3 is 16.2 Å². The zero-order valence-corrected chi connectivity index (χ0v) is 11.9. The highest BCUT2D eigenvalue weighted by atomic mass is 32.2. The molecule has 1 aliphatic rings. The maximum atomic E-state index is 12.2. The van der Waals surface area contributed by atoms with Gasteiger partial charge in [-0.1, -0.05) is 6.42 Å². The smallest absolute Gasteiger partial charge is 0.337 e. The summed E-state index contributed by atoms with van der Waals surface area (Å²) >= 11 is 0. The summed E-state index contributed by atoms with van der Waals surface area (Å²) in [5, 5.41) is 6.25. The fourth-order valence-corrected chi connectivity index (χ4v) is 3.50. The summed E-state index contributed by atoms with van der Waals surface area (Å²) in [5.74, 6) is 0.0706. The number of H-pyrrole nitrogens is 1. The Morgan fingerprint density at radius 2 is 2.32 bits per heavy atom. The van der Waals surface area contributed by atoms with Crippen LogP contribution >= 0.6 is 0 Å². The van der Waals surface area contributed by atoms with E-state index in [9.17, 15) is 8.42 Å². The minimum absolute atomic E-state index is 0.000494. The topological polar surface area (TPSA) is 100 Å². The summed E-state index contributed by atoms with van der Waals surface area (Å²) in [4.78, 5) is 3.90. The molecule has 1 saturated heterocycles. The zero-order chi connectivity index (χ0) is 13.9. The maximum absolute atomic E-state index is 12.2. The third kappa shape index (κ3) is 3.35. The number of nitrogens with one attached hydrogen (secondary N) is 2. The van der Waals surface area contributed by atoms with Gasteiger partial charge in [0.2, 0.25) is 5.95 Å². The van der Waals surface area contributed by atoms with E-state index in [4.69, 9.17) is 4.74 Å². The Balaban J connectivity index is 2.07. The lowest BCUT2D eigenvalue weighted by Crippen LogP contribution is -2.45. The molecular formula is C10H19N5O3S. The van der Waals surface area contributed by atoms with Crippen molar-refractivity contribution in [2.75, 3.05) is 17.9 Å². The number of nitrogens with zero attached hydrogens (tertiary/aromatic N) is 3. The molecule has 2 N–H and O–H groups in total. The average molecular weight is 289 g/mol. The van der Waals surface area contributed by atoms with Crippen molar-refractivity contribution >= 4 is 16.2 Å². The van der Waals surface area contributed by atoms with Crippen LogP contribution in [0.1, 0.15) is 33.1 Å². The van der Waals surface area contributed by atoms with Gasteiger partial charge in [0.25, 0.3) is 0 Å². The van der Waals surface area contributed by atoms with Gasteiger partial charge in [-0.05, 0) is 26.7 Å². The Labute approximate surface area is 112 Å². The molecule has 0 bridgehead atoms. The predicted octanol–water partition coefficient (Wildman–Crippen LogP) is 0.734. The number of rotatable bonds is 5. The van der Waals surface area contributed by atoms with E-state index in [2.05, 4.69) is 19.9 Å². The van der Waals surface area contributed by atoms with Crippen LogP contribution in [-0.2, 0) is 10.2 Å². The molecular weight excluding hydrogens is 270 g/mol. The molecule has 0 radical (unpaired) electrons. The molecule has 8 nitrogen and oxygen atoms in total. The molecule has 2 heterocycles. The Morgan fingerprint density at radius 1 is 1.53 bits per heavy atom. The Kier molecular flexibility index (Phi) is 4.25. The normalized spacial score (nSPS) is 21.3. The van der Waals surface area contributed by atoms with Crippen molar-refractivity contribution in [2.24, 2.45) is 0 Å². The molecule has 9 heteroatoms. The fourth-order valence-electron chi connectivity index (χ4n) is 2.10. The summed E-state index contributed by atoms with van der Waals surface area (Å²) in [6.07, 6.45) is 2.82. The molecule has 1 aliphatic heterocycles. The number of piperidine rings is 1. The van der Waals surface area contributed by atoms with E-state index in [0.29, 0.717) is 13.2 Å². The molecule has 1 atom stereocenters. The minimum atomic E-state index is -3.59. The van der Waals surface area contributed by atoms with Gasteiger partial charge in [0, 0.05) is 12.6 Å². The second-order valence-electron chi connectivity index (χ2n) is 4.46. The van der Waals surface area contributed by atoms with Crippen molar-refractivity contribution in [3.8, 4) is 6.01 Å². The maximum Gasteiger partial charge on any atom is 0.337 e. The molecule has 0 aliphatic carbocycles. The third-order valence-corrected chi connectivity index (χ3v) is 4.63. The quantitative estimate of drug-likeness (QED) is 0.832. The average Bonchev–Trinajstić information content (AvgIpc) is 2.76. The highest BCUT2D eigenvalue weighted by Gasteiger charge is 2.30. The molecule has 1 unspecified atom stereocenters. The largest absolute Gasteiger partial charge is 0.463 e. The van der Waals surface area contributed by atoms with Crippen molar-refractivity contribution in [1.82, 2.24) is 19.5 Å². The summed E-state index contributed by atoms with van der Waals surface area (Å²) in [6, 6.07) is 0.132. The first-order chi connectivity index (χ1) is 9.03. The van der Waals surface area contributed by atoms with E-state index in [1.165, 1.54) is 4.31 Å². The predicted molar refractivity (Wildman–Crippen MR) is 70.1 cm³/mol. The van der Waals surface area contributed by atoms with Gasteiger partial charge < -0.3 is 4.74 Å². The van der Waals surface area contributed by atoms with E-state index in [0.717, 1.165) is 19.3 Å². The minimum Gasteiger partial charge on any atom is -0.463 e. The first kappa shape index (κ1) is 14.1. The van der Waals surface area contributed by atoms with E-state index in [-0.39, 0.29) is 18.0 Å². The van der Waals surface area contributed by atoms with E-state index >= 15 is 0 Å². The second-order valence-corrected chi connectivity index (χ2v) is 6.09. The summed E-state index contributed by atoms with van der Waals surface area (Å²) < 4.78 is 33.3. The van der Waals surface area contributed by atoms with Crippen LogP contribution in [0.25, 0.3) is 0 Å². The first-order valence-corrected chi connectivity index (χ1v) is 7.81. The van der Waals surface area contributed by atoms with E-state index < -0.39 is 10.2 Å². The summed E-state index contributed by atoms with van der Waals surface area (Å²) in [7, 11) is -3.59. The highest BCUT2D eigenvalue weighted by Crippen LogP contribution is 2.20. The van der Waals surface area contributed by atoms with Crippen LogP contribution in [0, 0.1) is 0 Å². The lowest BCUT2D eigenvalue weighted by atomic mass is 10.1. The van der Waals surface area contributed by atoms with Gasteiger partial charge in [-0.3, -0.25) is 0 Å². The van der Waals surface area contributed by atoms with Crippen molar-refractivity contribution in [1.29, 1.82) is 0 Å². The van der Waals surface area contributed by atoms with E-state index in [1.54, 1.807) is 6.92 Å². The first-order valence-electron chi connectivity index (χ1n) is 6.37. The Hall–Kier alpha value is -1.35. The number of aromatic nitrogens is 3.